The molecule has 4 aliphatic heterocycles. The molecule has 0 unspecified atom stereocenters. The Bertz CT molecular complexity index is 2010. The van der Waals surface area contributed by atoms with Gasteiger partial charge in [-0.2, -0.15) is 5.10 Å². The highest BCUT2D eigenvalue weighted by atomic mass is 16.2. The lowest BCUT2D eigenvalue weighted by Crippen LogP contribution is -2.51. The number of rotatable bonds is 8. The molecule has 0 bridgehead atoms. The molecule has 5 heterocycles. The standard InChI is InChI=1S/C37H37N9O4/c47-33(45-18-16-44(17-19-45)27-9-6-24(7-10-27)34-38-13-3-14-39-34)23-43-15-12-25(21-43)35(48)40-26-8-11-31-30(20-26)32(42-41-31)22-46-36(49)28-4-1-2-5-29(28)37(46)50/h1-2,4-11,13,20,25H,3,12,14-19,21-23H2,(H,40,48)(H,41,42)/t25-/m1/s1. The van der Waals surface area contributed by atoms with Gasteiger partial charge in [0, 0.05) is 74.2 Å². The molecule has 1 aromatic heterocycles. The van der Waals surface area contributed by atoms with Gasteiger partial charge in [-0.05, 0) is 67.6 Å². The lowest BCUT2D eigenvalue weighted by molar-refractivity contribution is -0.132. The number of anilines is 2. The summed E-state index contributed by atoms with van der Waals surface area (Å²) in [5, 5.41) is 11.1. The molecule has 2 saturated heterocycles. The number of hydrogen-bond donors (Lipinski definition) is 2. The number of aromatic nitrogens is 2. The van der Waals surface area contributed by atoms with E-state index in [1.54, 1.807) is 30.3 Å². The van der Waals surface area contributed by atoms with E-state index in [0.717, 1.165) is 54.0 Å². The van der Waals surface area contributed by atoms with Gasteiger partial charge in [0.2, 0.25) is 11.8 Å². The van der Waals surface area contributed by atoms with Gasteiger partial charge in [0.05, 0.1) is 41.3 Å². The highest BCUT2D eigenvalue weighted by Crippen LogP contribution is 2.28. The molecule has 4 amide bonds. The normalized spacial score (nSPS) is 19.3. The molecule has 0 radical (unpaired) electrons. The number of nitrogens with zero attached hydrogens (tertiary/aromatic N) is 7. The van der Waals surface area contributed by atoms with E-state index in [0.29, 0.717) is 61.7 Å². The second-order valence-electron chi connectivity index (χ2n) is 13.1. The van der Waals surface area contributed by atoms with Crippen LogP contribution >= 0.6 is 0 Å². The molecule has 1 atom stereocenters. The maximum absolute atomic E-state index is 13.3. The Morgan fingerprint density at radius 3 is 2.38 bits per heavy atom. The van der Waals surface area contributed by atoms with Gasteiger partial charge in [-0.3, -0.25) is 39.1 Å². The fraction of sp³-hybridized carbons (Fsp3) is 0.324. The Morgan fingerprint density at radius 2 is 1.66 bits per heavy atom. The van der Waals surface area contributed by atoms with Crippen LogP contribution in [0.15, 0.2) is 76.7 Å². The molecule has 4 aliphatic rings. The number of carbonyl (C=O) groups is 4. The molecule has 0 saturated carbocycles. The first-order valence-corrected chi connectivity index (χ1v) is 17.1. The summed E-state index contributed by atoms with van der Waals surface area (Å²) in [7, 11) is 0. The van der Waals surface area contributed by atoms with Crippen molar-refractivity contribution in [1.29, 1.82) is 0 Å². The Labute approximate surface area is 288 Å². The first-order chi connectivity index (χ1) is 24.4. The fourth-order valence-corrected chi connectivity index (χ4v) is 7.15. The minimum atomic E-state index is -0.347. The Hall–Kier alpha value is -5.69. The van der Waals surface area contributed by atoms with Gasteiger partial charge in [-0.25, -0.2) is 4.99 Å². The van der Waals surface area contributed by atoms with Gasteiger partial charge in [0.1, 0.15) is 0 Å². The first-order valence-electron chi connectivity index (χ1n) is 17.1. The van der Waals surface area contributed by atoms with E-state index in [2.05, 4.69) is 59.6 Å². The van der Waals surface area contributed by atoms with Crippen molar-refractivity contribution in [3.05, 3.63) is 89.1 Å². The number of likely N-dealkylation sites (tertiary alicyclic amines) is 1. The smallest absolute Gasteiger partial charge is 0.261 e. The van der Waals surface area contributed by atoms with Gasteiger partial charge in [0.25, 0.3) is 11.8 Å². The van der Waals surface area contributed by atoms with E-state index >= 15 is 0 Å². The zero-order chi connectivity index (χ0) is 34.2. The third-order valence-electron chi connectivity index (χ3n) is 9.95. The van der Waals surface area contributed by atoms with Gasteiger partial charge in [-0.1, -0.05) is 12.1 Å². The summed E-state index contributed by atoms with van der Waals surface area (Å²) in [5.41, 5.74) is 4.79. The van der Waals surface area contributed by atoms with Crippen LogP contribution in [0.5, 0.6) is 0 Å². The third-order valence-corrected chi connectivity index (χ3v) is 9.95. The van der Waals surface area contributed by atoms with Crippen LogP contribution in [0.1, 0.15) is 44.8 Å². The highest BCUT2D eigenvalue weighted by molar-refractivity contribution is 6.21. The molecule has 3 aromatic carbocycles. The number of fused-ring (bicyclic) bond motifs is 2. The SMILES string of the molecule is O=C(Nc1ccc2[nH]nc(CN3C(=O)c4ccccc4C3=O)c2c1)[C@@H]1CCN(CC(=O)N2CCN(c3ccc(C4=NCCC=N4)cc3)CC2)C1. The number of amides is 4. The van der Waals surface area contributed by atoms with Gasteiger partial charge < -0.3 is 15.1 Å². The van der Waals surface area contributed by atoms with E-state index in [-0.39, 0.29) is 36.1 Å². The number of nitrogens with one attached hydrogen (secondary N) is 2. The van der Waals surface area contributed by atoms with E-state index in [9.17, 15) is 19.2 Å². The molecular weight excluding hydrogens is 634 g/mol. The van der Waals surface area contributed by atoms with E-state index in [1.807, 2.05) is 23.2 Å². The number of piperazine rings is 1. The van der Waals surface area contributed by atoms with Crippen LogP contribution in [0.25, 0.3) is 10.9 Å². The number of carbonyl (C=O) groups excluding carboxylic acids is 4. The van der Waals surface area contributed by atoms with Gasteiger partial charge in [0.15, 0.2) is 5.84 Å². The largest absolute Gasteiger partial charge is 0.368 e. The number of benzene rings is 3. The number of hydrogen-bond acceptors (Lipinski definition) is 9. The van der Waals surface area contributed by atoms with Crippen molar-refractivity contribution in [1.82, 2.24) is 24.9 Å². The summed E-state index contributed by atoms with van der Waals surface area (Å²) in [4.78, 5) is 68.7. The molecule has 50 heavy (non-hydrogen) atoms. The number of aromatic amines is 1. The average molecular weight is 672 g/mol. The Balaban J connectivity index is 0.824. The second-order valence-corrected chi connectivity index (χ2v) is 13.1. The topological polar surface area (TPSA) is 147 Å². The van der Waals surface area contributed by atoms with Crippen molar-refractivity contribution in [2.75, 3.05) is 62.6 Å². The van der Waals surface area contributed by atoms with Crippen LogP contribution in [0.2, 0.25) is 0 Å². The monoisotopic (exact) mass is 671 g/mol. The zero-order valence-corrected chi connectivity index (χ0v) is 27.5. The van der Waals surface area contributed by atoms with Crippen molar-refractivity contribution >= 4 is 58.0 Å². The van der Waals surface area contributed by atoms with Crippen molar-refractivity contribution in [2.24, 2.45) is 15.9 Å². The molecule has 2 N–H and O–H groups in total. The third kappa shape index (κ3) is 6.15. The number of aliphatic imine (C=N–C) groups is 2. The number of imide groups is 1. The molecule has 4 aromatic rings. The van der Waals surface area contributed by atoms with Gasteiger partial charge in [-0.15, -0.1) is 0 Å². The lowest BCUT2D eigenvalue weighted by Gasteiger charge is -2.36. The molecule has 0 spiro atoms. The quantitative estimate of drug-likeness (QED) is 0.274. The van der Waals surface area contributed by atoms with Crippen molar-refractivity contribution < 1.29 is 19.2 Å². The molecule has 8 rings (SSSR count). The lowest BCUT2D eigenvalue weighted by atomic mass is 10.1. The van der Waals surface area contributed by atoms with Crippen LogP contribution in [-0.2, 0) is 16.1 Å². The van der Waals surface area contributed by atoms with Crippen LogP contribution in [-0.4, -0.2) is 113 Å². The molecule has 13 heteroatoms. The average Bonchev–Trinajstić information content (AvgIpc) is 3.86. The molecule has 2 fully saturated rings. The van der Waals surface area contributed by atoms with Gasteiger partial charge >= 0.3 is 0 Å². The minimum absolute atomic E-state index is 0.0178. The highest BCUT2D eigenvalue weighted by Gasteiger charge is 2.36. The Morgan fingerprint density at radius 1 is 0.900 bits per heavy atom. The predicted molar refractivity (Wildman–Crippen MR) is 190 cm³/mol. The van der Waals surface area contributed by atoms with E-state index in [1.165, 1.54) is 4.90 Å². The molecule has 13 nitrogen and oxygen atoms in total. The summed E-state index contributed by atoms with van der Waals surface area (Å²) in [5.74, 6) is -0.173. The Kier molecular flexibility index (Phi) is 8.41. The number of H-pyrrole nitrogens is 1. The maximum Gasteiger partial charge on any atom is 0.261 e. The molecular formula is C37H37N9O4. The van der Waals surface area contributed by atoms with E-state index < -0.39 is 0 Å². The summed E-state index contributed by atoms with van der Waals surface area (Å²) in [6.45, 7) is 5.11. The van der Waals surface area contributed by atoms with Crippen molar-refractivity contribution in [3.8, 4) is 0 Å². The second kappa shape index (κ2) is 13.3. The summed E-state index contributed by atoms with van der Waals surface area (Å²) >= 11 is 0. The minimum Gasteiger partial charge on any atom is -0.368 e. The fourth-order valence-electron chi connectivity index (χ4n) is 7.15. The maximum atomic E-state index is 13.3. The van der Waals surface area contributed by atoms with Crippen LogP contribution in [0, 0.1) is 5.92 Å². The zero-order valence-electron chi connectivity index (χ0n) is 27.5. The van der Waals surface area contributed by atoms with Crippen LogP contribution < -0.4 is 10.2 Å². The van der Waals surface area contributed by atoms with Crippen molar-refractivity contribution in [3.63, 3.8) is 0 Å². The molecule has 254 valence electrons. The predicted octanol–water partition coefficient (Wildman–Crippen LogP) is 3.19. The van der Waals surface area contributed by atoms with Crippen LogP contribution in [0.3, 0.4) is 0 Å². The van der Waals surface area contributed by atoms with Crippen LogP contribution in [0.4, 0.5) is 11.4 Å². The summed E-state index contributed by atoms with van der Waals surface area (Å²) in [6, 6.07) is 20.5. The molecule has 0 aliphatic carbocycles. The van der Waals surface area contributed by atoms with Crippen molar-refractivity contribution in [2.45, 2.75) is 19.4 Å². The summed E-state index contributed by atoms with van der Waals surface area (Å²) in [6.07, 6.45) is 3.47. The van der Waals surface area contributed by atoms with E-state index in [4.69, 9.17) is 0 Å². The summed E-state index contributed by atoms with van der Waals surface area (Å²) < 4.78 is 0. The first kappa shape index (κ1) is 31.6. The number of amidine groups is 1.